The lowest BCUT2D eigenvalue weighted by Gasteiger charge is -2.12. The maximum atomic E-state index is 12.5. The molecule has 0 aliphatic heterocycles. The maximum Gasteiger partial charge on any atom is 0.293 e. The molecule has 2 aromatic heterocycles. The summed E-state index contributed by atoms with van der Waals surface area (Å²) in [6, 6.07) is 3.65. The van der Waals surface area contributed by atoms with Crippen LogP contribution in [0.5, 0.6) is 0 Å². The number of nitro groups is 1. The third-order valence-corrected chi connectivity index (χ3v) is 6.55. The van der Waals surface area contributed by atoms with Crippen molar-refractivity contribution in [3.8, 4) is 0 Å². The summed E-state index contributed by atoms with van der Waals surface area (Å²) < 4.78 is 24.9. The molecule has 33 heavy (non-hydrogen) atoms. The summed E-state index contributed by atoms with van der Waals surface area (Å²) in [6.45, 7) is 4.07. The van der Waals surface area contributed by atoms with E-state index >= 15 is 0 Å². The van der Waals surface area contributed by atoms with Gasteiger partial charge in [0, 0.05) is 42.4 Å². The predicted octanol–water partition coefficient (Wildman–Crippen LogP) is 1.55. The Balaban J connectivity index is 1.62. The molecule has 2 N–H and O–H groups in total. The quantitative estimate of drug-likeness (QED) is 0.193. The van der Waals surface area contributed by atoms with Gasteiger partial charge in [-0.05, 0) is 32.2 Å². The van der Waals surface area contributed by atoms with E-state index in [1.54, 1.807) is 4.52 Å². The van der Waals surface area contributed by atoms with Gasteiger partial charge in [0.05, 0.1) is 16.2 Å². The summed E-state index contributed by atoms with van der Waals surface area (Å²) >= 11 is 1.40. The Bertz CT molecular complexity index is 1340. The number of anilines is 1. The van der Waals surface area contributed by atoms with Gasteiger partial charge in [-0.3, -0.25) is 14.9 Å². The minimum absolute atomic E-state index is 0.0955. The lowest BCUT2D eigenvalue weighted by Crippen LogP contribution is -2.30. The lowest BCUT2D eigenvalue weighted by molar-refractivity contribution is -0.384. The summed E-state index contributed by atoms with van der Waals surface area (Å²) in [5, 5.41) is 21.9. The molecular formula is C19H23N7O5S2. The molecule has 0 aliphatic carbocycles. The molecule has 0 saturated heterocycles. The van der Waals surface area contributed by atoms with E-state index in [1.807, 2.05) is 20.1 Å². The first-order chi connectivity index (χ1) is 15.5. The van der Waals surface area contributed by atoms with Crippen molar-refractivity contribution in [2.75, 3.05) is 30.9 Å². The Morgan fingerprint density at radius 3 is 2.61 bits per heavy atom. The smallest absolute Gasteiger partial charge is 0.293 e. The van der Waals surface area contributed by atoms with E-state index in [2.05, 4.69) is 25.7 Å². The summed E-state index contributed by atoms with van der Waals surface area (Å²) in [5.74, 6) is 0.238. The number of fused-ring (bicyclic) bond motifs is 1. The number of carbonyl (C=O) groups is 1. The van der Waals surface area contributed by atoms with Crippen LogP contribution < -0.4 is 10.6 Å². The van der Waals surface area contributed by atoms with Gasteiger partial charge in [-0.25, -0.2) is 17.9 Å². The molecule has 3 aromatic rings. The van der Waals surface area contributed by atoms with Crippen LogP contribution >= 0.6 is 11.8 Å². The number of aryl methyl sites for hydroxylation is 2. The number of hydrogen-bond donors (Lipinski definition) is 2. The monoisotopic (exact) mass is 493 g/mol. The molecule has 0 fully saturated rings. The van der Waals surface area contributed by atoms with Crippen LogP contribution in [0.1, 0.15) is 17.0 Å². The molecule has 3 rings (SSSR count). The van der Waals surface area contributed by atoms with Gasteiger partial charge in [0.2, 0.25) is 11.1 Å². The van der Waals surface area contributed by atoms with Gasteiger partial charge in [-0.2, -0.15) is 4.98 Å². The second-order valence-corrected chi connectivity index (χ2v) is 10.0. The zero-order valence-corrected chi connectivity index (χ0v) is 20.1. The molecule has 0 bridgehead atoms. The molecule has 176 valence electrons. The first-order valence-electron chi connectivity index (χ1n) is 9.77. The molecule has 0 unspecified atom stereocenters. The van der Waals surface area contributed by atoms with Crippen LogP contribution in [-0.4, -0.2) is 64.4 Å². The molecule has 0 radical (unpaired) electrons. The maximum absolute atomic E-state index is 12.5. The summed E-state index contributed by atoms with van der Waals surface area (Å²) in [4.78, 5) is 31.7. The van der Waals surface area contributed by atoms with E-state index in [-0.39, 0.29) is 41.7 Å². The van der Waals surface area contributed by atoms with E-state index in [1.165, 1.54) is 23.9 Å². The first-order valence-corrected chi connectivity index (χ1v) is 12.9. The van der Waals surface area contributed by atoms with Crippen molar-refractivity contribution in [3.05, 3.63) is 45.3 Å². The van der Waals surface area contributed by atoms with E-state index in [9.17, 15) is 23.3 Å². The molecule has 1 amide bonds. The number of rotatable bonds is 9. The molecule has 0 aliphatic rings. The number of hydrogen-bond acceptors (Lipinski definition) is 10. The number of nitrogens with one attached hydrogen (secondary N) is 2. The highest BCUT2D eigenvalue weighted by Crippen LogP contribution is 2.27. The molecule has 12 nitrogen and oxygen atoms in total. The SMILES string of the molecule is CSc1nc2nc(C)c(CC(=O)NCCNc3ccc(S(C)(=O)=O)cc3[N+](=O)[O-])c(C)n2n1. The highest BCUT2D eigenvalue weighted by Gasteiger charge is 2.19. The third-order valence-electron chi connectivity index (χ3n) is 4.91. The van der Waals surface area contributed by atoms with Crippen molar-refractivity contribution < 1.29 is 18.1 Å². The number of thioether (sulfide) groups is 1. The first kappa shape index (κ1) is 24.4. The highest BCUT2D eigenvalue weighted by atomic mass is 32.2. The fourth-order valence-electron chi connectivity index (χ4n) is 3.20. The van der Waals surface area contributed by atoms with Crippen LogP contribution in [0.25, 0.3) is 5.78 Å². The Morgan fingerprint density at radius 1 is 1.24 bits per heavy atom. The van der Waals surface area contributed by atoms with Crippen LogP contribution in [0.3, 0.4) is 0 Å². The number of nitro benzene ring substituents is 1. The van der Waals surface area contributed by atoms with E-state index in [0.29, 0.717) is 16.6 Å². The zero-order valence-electron chi connectivity index (χ0n) is 18.4. The Morgan fingerprint density at radius 2 is 1.97 bits per heavy atom. The highest BCUT2D eigenvalue weighted by molar-refractivity contribution is 7.98. The van der Waals surface area contributed by atoms with Crippen LogP contribution in [0.4, 0.5) is 11.4 Å². The van der Waals surface area contributed by atoms with Gasteiger partial charge >= 0.3 is 0 Å². The van der Waals surface area contributed by atoms with Gasteiger partial charge in [0.25, 0.3) is 11.5 Å². The lowest BCUT2D eigenvalue weighted by atomic mass is 10.1. The van der Waals surface area contributed by atoms with E-state index in [0.717, 1.165) is 23.6 Å². The van der Waals surface area contributed by atoms with Crippen LogP contribution in [0.2, 0.25) is 0 Å². The standard InChI is InChI=1S/C19H23N7O5S2/c1-11-14(12(2)25-18(22-11)23-19(24-25)32-3)10-17(27)21-8-7-20-15-6-5-13(33(4,30)31)9-16(15)26(28)29/h5-6,9,20H,7-8,10H2,1-4H3,(H,21,27). The minimum Gasteiger partial charge on any atom is -0.378 e. The Labute approximate surface area is 194 Å². The summed E-state index contributed by atoms with van der Waals surface area (Å²) in [6.07, 6.45) is 2.95. The number of sulfone groups is 1. The molecule has 14 heteroatoms. The van der Waals surface area contributed by atoms with Crippen LogP contribution in [-0.2, 0) is 21.1 Å². The molecule has 0 saturated carbocycles. The average molecular weight is 494 g/mol. The number of benzene rings is 1. The third kappa shape index (κ3) is 5.57. The number of carbonyl (C=O) groups excluding carboxylic acids is 1. The van der Waals surface area contributed by atoms with Crippen molar-refractivity contribution in [1.82, 2.24) is 24.9 Å². The Hall–Kier alpha value is -3.26. The van der Waals surface area contributed by atoms with Gasteiger partial charge in [-0.1, -0.05) is 11.8 Å². The molecule has 1 aromatic carbocycles. The largest absolute Gasteiger partial charge is 0.378 e. The predicted molar refractivity (Wildman–Crippen MR) is 123 cm³/mol. The fourth-order valence-corrected chi connectivity index (χ4v) is 4.17. The Kier molecular flexibility index (Phi) is 7.17. The van der Waals surface area contributed by atoms with Gasteiger partial charge in [0.15, 0.2) is 9.84 Å². The fraction of sp³-hybridized carbons (Fsp3) is 0.368. The van der Waals surface area contributed by atoms with Crippen LogP contribution in [0, 0.1) is 24.0 Å². The summed E-state index contributed by atoms with van der Waals surface area (Å²) in [7, 11) is -3.57. The minimum atomic E-state index is -3.57. The van der Waals surface area contributed by atoms with Crippen molar-refractivity contribution >= 4 is 44.7 Å². The van der Waals surface area contributed by atoms with Gasteiger partial charge in [0.1, 0.15) is 5.69 Å². The second-order valence-electron chi connectivity index (χ2n) is 7.23. The topological polar surface area (TPSA) is 161 Å². The number of aromatic nitrogens is 4. The van der Waals surface area contributed by atoms with E-state index in [4.69, 9.17) is 0 Å². The average Bonchev–Trinajstić information content (AvgIpc) is 3.16. The van der Waals surface area contributed by atoms with Crippen molar-refractivity contribution in [3.63, 3.8) is 0 Å². The molecule has 0 spiro atoms. The molecule has 2 heterocycles. The normalized spacial score (nSPS) is 11.5. The molecular weight excluding hydrogens is 470 g/mol. The number of amides is 1. The van der Waals surface area contributed by atoms with Crippen molar-refractivity contribution in [2.45, 2.75) is 30.3 Å². The van der Waals surface area contributed by atoms with Crippen molar-refractivity contribution in [1.29, 1.82) is 0 Å². The van der Waals surface area contributed by atoms with Gasteiger partial charge in [-0.15, -0.1) is 5.10 Å². The van der Waals surface area contributed by atoms with Crippen LogP contribution in [0.15, 0.2) is 28.3 Å². The number of nitrogens with zero attached hydrogens (tertiary/aromatic N) is 5. The second kappa shape index (κ2) is 9.70. The van der Waals surface area contributed by atoms with E-state index < -0.39 is 14.8 Å². The molecule has 0 atom stereocenters. The van der Waals surface area contributed by atoms with Gasteiger partial charge < -0.3 is 10.6 Å². The zero-order chi connectivity index (χ0) is 24.3. The summed E-state index contributed by atoms with van der Waals surface area (Å²) in [5.41, 5.74) is 2.03. The van der Waals surface area contributed by atoms with Crippen molar-refractivity contribution in [2.24, 2.45) is 0 Å².